The highest BCUT2D eigenvalue weighted by atomic mass is 16.7. The van der Waals surface area contributed by atoms with Crippen molar-refractivity contribution in [2.75, 3.05) is 10.1 Å². The zero-order chi connectivity index (χ0) is 21.1. The van der Waals surface area contributed by atoms with Gasteiger partial charge in [0.2, 0.25) is 0 Å². The first-order chi connectivity index (χ1) is 14.5. The molecule has 0 aromatic heterocycles. The number of carbonyl (C=O) groups excluding carboxylic acids is 4. The predicted octanol–water partition coefficient (Wildman–Crippen LogP) is 2.42. The van der Waals surface area contributed by atoms with E-state index in [1.54, 1.807) is 24.3 Å². The Morgan fingerprint density at radius 2 is 1.07 bits per heavy atom. The van der Waals surface area contributed by atoms with Crippen molar-refractivity contribution < 1.29 is 28.9 Å². The number of rotatable bonds is 4. The van der Waals surface area contributed by atoms with Crippen LogP contribution in [0.1, 0.15) is 24.0 Å². The van der Waals surface area contributed by atoms with Crippen LogP contribution in [0.3, 0.4) is 0 Å². The van der Waals surface area contributed by atoms with E-state index in [4.69, 9.17) is 9.68 Å². The van der Waals surface area contributed by atoms with Gasteiger partial charge in [0, 0.05) is 25.0 Å². The highest BCUT2D eigenvalue weighted by molar-refractivity contribution is 6.00. The van der Waals surface area contributed by atoms with Crippen molar-refractivity contribution in [3.8, 4) is 0 Å². The summed E-state index contributed by atoms with van der Waals surface area (Å²) in [5, 5.41) is 1.86. The molecule has 0 fully saturated rings. The smallest absolute Gasteiger partial charge is 0.328 e. The molecule has 4 rings (SSSR count). The van der Waals surface area contributed by atoms with E-state index >= 15 is 0 Å². The number of hydroxylamine groups is 2. The fraction of sp³-hybridized carbons (Fsp3) is 0.182. The summed E-state index contributed by atoms with van der Waals surface area (Å²) in [5.41, 5.74) is 2.76. The van der Waals surface area contributed by atoms with E-state index in [1.165, 1.54) is 0 Å². The molecule has 2 amide bonds. The Morgan fingerprint density at radius 3 is 1.50 bits per heavy atom. The van der Waals surface area contributed by atoms with Gasteiger partial charge in [-0.1, -0.05) is 36.4 Å². The van der Waals surface area contributed by atoms with Gasteiger partial charge < -0.3 is 9.68 Å². The Morgan fingerprint density at radius 1 is 0.667 bits per heavy atom. The van der Waals surface area contributed by atoms with Gasteiger partial charge in [-0.3, -0.25) is 9.59 Å². The Bertz CT molecular complexity index is 978. The van der Waals surface area contributed by atoms with Crippen molar-refractivity contribution in [3.05, 3.63) is 71.8 Å². The maximum absolute atomic E-state index is 12.1. The second-order valence-electron chi connectivity index (χ2n) is 6.79. The number of para-hydroxylation sites is 2. The van der Waals surface area contributed by atoms with Crippen LogP contribution in [0.4, 0.5) is 11.4 Å². The van der Waals surface area contributed by atoms with Crippen LogP contribution in [-0.2, 0) is 41.7 Å². The number of nitrogens with zero attached hydrogens (tertiary/aromatic N) is 2. The van der Waals surface area contributed by atoms with E-state index in [1.807, 2.05) is 24.3 Å². The number of benzene rings is 2. The van der Waals surface area contributed by atoms with Gasteiger partial charge >= 0.3 is 11.9 Å². The SMILES string of the molecule is O=C(/C=C\C(=O)ON1C(=O)CCc2ccccc21)ON1C(=O)CCc2ccccc21. The number of amides is 2. The lowest BCUT2D eigenvalue weighted by Gasteiger charge is -2.27. The molecule has 0 aliphatic carbocycles. The Labute approximate surface area is 172 Å². The van der Waals surface area contributed by atoms with E-state index in [9.17, 15) is 19.2 Å². The topological polar surface area (TPSA) is 93.2 Å². The van der Waals surface area contributed by atoms with Crippen molar-refractivity contribution in [1.82, 2.24) is 0 Å². The molecule has 0 bridgehead atoms. The lowest BCUT2D eigenvalue weighted by molar-refractivity contribution is -0.147. The van der Waals surface area contributed by atoms with Gasteiger partial charge in [0.05, 0.1) is 11.4 Å². The summed E-state index contributed by atoms with van der Waals surface area (Å²) in [4.78, 5) is 58.8. The van der Waals surface area contributed by atoms with Crippen LogP contribution in [-0.4, -0.2) is 23.8 Å². The highest BCUT2D eigenvalue weighted by Crippen LogP contribution is 2.29. The lowest BCUT2D eigenvalue weighted by Crippen LogP contribution is -2.37. The zero-order valence-corrected chi connectivity index (χ0v) is 15.9. The summed E-state index contributed by atoms with van der Waals surface area (Å²) in [5.74, 6) is -2.54. The van der Waals surface area contributed by atoms with E-state index < -0.39 is 11.9 Å². The van der Waals surface area contributed by atoms with Gasteiger partial charge in [-0.25, -0.2) is 9.59 Å². The number of fused-ring (bicyclic) bond motifs is 2. The third-order valence-electron chi connectivity index (χ3n) is 4.81. The van der Waals surface area contributed by atoms with Crippen LogP contribution in [0.5, 0.6) is 0 Å². The summed E-state index contributed by atoms with van der Waals surface area (Å²) in [6.07, 6.45) is 3.27. The molecule has 2 aliphatic rings. The number of anilines is 2. The molecule has 0 N–H and O–H groups in total. The molecule has 0 unspecified atom stereocenters. The first kappa shape index (κ1) is 19.4. The van der Waals surface area contributed by atoms with Crippen molar-refractivity contribution >= 4 is 35.1 Å². The molecule has 0 atom stereocenters. The highest BCUT2D eigenvalue weighted by Gasteiger charge is 2.28. The van der Waals surface area contributed by atoms with Gasteiger partial charge in [0.1, 0.15) is 0 Å². The molecule has 2 aromatic rings. The minimum Gasteiger partial charge on any atom is -0.328 e. The van der Waals surface area contributed by atoms with Crippen molar-refractivity contribution in [2.24, 2.45) is 0 Å². The van der Waals surface area contributed by atoms with Crippen LogP contribution in [0.15, 0.2) is 60.7 Å². The summed E-state index contributed by atoms with van der Waals surface area (Å²) < 4.78 is 0. The van der Waals surface area contributed by atoms with Gasteiger partial charge in [0.15, 0.2) is 0 Å². The second kappa shape index (κ2) is 8.20. The largest absolute Gasteiger partial charge is 0.356 e. The van der Waals surface area contributed by atoms with Crippen LogP contribution < -0.4 is 10.1 Å². The molecule has 0 spiro atoms. The third kappa shape index (κ3) is 3.93. The van der Waals surface area contributed by atoms with Gasteiger partial charge in [-0.2, -0.15) is 0 Å². The molecule has 2 aromatic carbocycles. The van der Waals surface area contributed by atoms with Crippen LogP contribution in [0.2, 0.25) is 0 Å². The Balaban J connectivity index is 1.41. The quantitative estimate of drug-likeness (QED) is 0.724. The van der Waals surface area contributed by atoms with Gasteiger partial charge in [-0.15, -0.1) is 10.1 Å². The number of hydrogen-bond acceptors (Lipinski definition) is 6. The summed E-state index contributed by atoms with van der Waals surface area (Å²) in [6, 6.07) is 14.2. The zero-order valence-electron chi connectivity index (χ0n) is 15.9. The van der Waals surface area contributed by atoms with E-state index in [0.29, 0.717) is 24.2 Å². The monoisotopic (exact) mass is 406 g/mol. The molecule has 0 saturated heterocycles. The molecule has 30 heavy (non-hydrogen) atoms. The molecule has 2 aliphatic heterocycles. The first-order valence-corrected chi connectivity index (χ1v) is 9.46. The van der Waals surface area contributed by atoms with Crippen LogP contribution >= 0.6 is 0 Å². The van der Waals surface area contributed by atoms with Gasteiger partial charge in [-0.05, 0) is 36.1 Å². The molecule has 8 nitrogen and oxygen atoms in total. The second-order valence-corrected chi connectivity index (χ2v) is 6.79. The average molecular weight is 406 g/mol. The van der Waals surface area contributed by atoms with Crippen molar-refractivity contribution in [1.29, 1.82) is 0 Å². The van der Waals surface area contributed by atoms with Crippen molar-refractivity contribution in [3.63, 3.8) is 0 Å². The Kier molecular flexibility index (Phi) is 5.30. The Hall–Kier alpha value is -3.94. The summed E-state index contributed by atoms with van der Waals surface area (Å²) in [7, 11) is 0. The minimum atomic E-state index is -0.914. The van der Waals surface area contributed by atoms with Gasteiger partial charge in [0.25, 0.3) is 11.8 Å². The average Bonchev–Trinajstić information content (AvgIpc) is 2.76. The number of carbonyl (C=O) groups is 4. The molecule has 152 valence electrons. The van der Waals surface area contributed by atoms with Crippen LogP contribution in [0, 0.1) is 0 Å². The first-order valence-electron chi connectivity index (χ1n) is 9.46. The molecular weight excluding hydrogens is 388 g/mol. The molecular formula is C22H18N2O6. The van der Waals surface area contributed by atoms with Crippen LogP contribution in [0.25, 0.3) is 0 Å². The fourth-order valence-corrected chi connectivity index (χ4v) is 3.37. The number of hydrogen-bond donors (Lipinski definition) is 0. The molecule has 8 heteroatoms. The predicted molar refractivity (Wildman–Crippen MR) is 106 cm³/mol. The minimum absolute atomic E-state index is 0.215. The van der Waals surface area contributed by atoms with E-state index in [-0.39, 0.29) is 24.7 Å². The lowest BCUT2D eigenvalue weighted by atomic mass is 10.0. The van der Waals surface area contributed by atoms with Crippen molar-refractivity contribution in [2.45, 2.75) is 25.7 Å². The van der Waals surface area contributed by atoms with E-state index in [0.717, 1.165) is 33.4 Å². The number of aryl methyl sites for hydroxylation is 2. The fourth-order valence-electron chi connectivity index (χ4n) is 3.37. The normalized spacial score (nSPS) is 15.6. The summed E-state index contributed by atoms with van der Waals surface area (Å²) in [6.45, 7) is 0. The molecule has 0 radical (unpaired) electrons. The third-order valence-corrected chi connectivity index (χ3v) is 4.81. The maximum atomic E-state index is 12.1. The summed E-state index contributed by atoms with van der Waals surface area (Å²) >= 11 is 0. The maximum Gasteiger partial charge on any atom is 0.356 e. The molecule has 2 heterocycles. The van der Waals surface area contributed by atoms with E-state index in [2.05, 4.69) is 0 Å². The standard InChI is InChI=1S/C22H18N2O6/c25-19-11-9-15-5-1-3-7-17(15)23(19)29-21(27)13-14-22(28)30-24-18-8-4-2-6-16(18)10-12-20(24)26/h1-8,13-14H,9-12H2/b14-13-. The molecule has 0 saturated carbocycles.